The average molecular weight is 308 g/mol. The van der Waals surface area contributed by atoms with Gasteiger partial charge in [-0.05, 0) is 49.2 Å². The van der Waals surface area contributed by atoms with Gasteiger partial charge >= 0.3 is 0 Å². The lowest BCUT2D eigenvalue weighted by Crippen LogP contribution is -2.28. The Morgan fingerprint density at radius 2 is 1.62 bits per heavy atom. The van der Waals surface area contributed by atoms with Crippen LogP contribution in [-0.2, 0) is 10.0 Å². The number of sulfonamides is 1. The van der Waals surface area contributed by atoms with Crippen LogP contribution in [0.3, 0.4) is 0 Å². The number of anilines is 2. The van der Waals surface area contributed by atoms with Gasteiger partial charge in [-0.15, -0.1) is 0 Å². The molecule has 0 aromatic heterocycles. The van der Waals surface area contributed by atoms with Crippen LogP contribution in [0.2, 0.25) is 0 Å². The van der Waals surface area contributed by atoms with Gasteiger partial charge in [0, 0.05) is 12.7 Å². The molecule has 0 bridgehead atoms. The topological polar surface area (TPSA) is 63.4 Å². The standard InChI is InChI=1S/C15H17FN2O2S/c1-10-8-12(17)9-11(2)15(10)21(19,20)18(3)14-7-5-4-6-13(14)16/h4-9H,17H2,1-3H3. The van der Waals surface area contributed by atoms with Crippen LogP contribution in [0.15, 0.2) is 41.3 Å². The molecule has 4 nitrogen and oxygen atoms in total. The molecular formula is C15H17FN2O2S. The number of nitrogens with two attached hydrogens (primary N) is 1. The molecule has 112 valence electrons. The molecule has 2 aromatic rings. The number of hydrogen-bond acceptors (Lipinski definition) is 3. The Bertz CT molecular complexity index is 765. The van der Waals surface area contributed by atoms with Gasteiger partial charge in [0.2, 0.25) is 0 Å². The van der Waals surface area contributed by atoms with E-state index in [1.165, 1.54) is 25.2 Å². The van der Waals surface area contributed by atoms with E-state index < -0.39 is 15.8 Å². The smallest absolute Gasteiger partial charge is 0.264 e. The summed E-state index contributed by atoms with van der Waals surface area (Å²) >= 11 is 0. The van der Waals surface area contributed by atoms with Crippen molar-refractivity contribution in [1.82, 2.24) is 0 Å². The van der Waals surface area contributed by atoms with Crippen LogP contribution in [0.1, 0.15) is 11.1 Å². The van der Waals surface area contributed by atoms with E-state index in [2.05, 4.69) is 0 Å². The molecule has 21 heavy (non-hydrogen) atoms. The molecule has 0 atom stereocenters. The van der Waals surface area contributed by atoms with Crippen molar-refractivity contribution < 1.29 is 12.8 Å². The van der Waals surface area contributed by atoms with Crippen LogP contribution in [0.4, 0.5) is 15.8 Å². The second-order valence-corrected chi connectivity index (χ2v) is 6.81. The molecule has 0 aliphatic carbocycles. The Hall–Kier alpha value is -2.08. The number of nitrogens with zero attached hydrogens (tertiary/aromatic N) is 1. The second kappa shape index (κ2) is 5.37. The maximum atomic E-state index is 13.8. The molecule has 2 aromatic carbocycles. The van der Waals surface area contributed by atoms with Crippen molar-refractivity contribution >= 4 is 21.4 Å². The SMILES string of the molecule is Cc1cc(N)cc(C)c1S(=O)(=O)N(C)c1ccccc1F. The van der Waals surface area contributed by atoms with E-state index in [4.69, 9.17) is 5.73 Å². The first kappa shape index (κ1) is 15.3. The lowest BCUT2D eigenvalue weighted by Gasteiger charge is -2.22. The van der Waals surface area contributed by atoms with E-state index in [1.807, 2.05) is 0 Å². The van der Waals surface area contributed by atoms with Crippen molar-refractivity contribution in [3.8, 4) is 0 Å². The largest absolute Gasteiger partial charge is 0.399 e. The third kappa shape index (κ3) is 2.71. The summed E-state index contributed by atoms with van der Waals surface area (Å²) in [4.78, 5) is 0.155. The van der Waals surface area contributed by atoms with Gasteiger partial charge in [0.1, 0.15) is 5.82 Å². The Labute approximate surface area is 124 Å². The normalized spacial score (nSPS) is 11.4. The quantitative estimate of drug-likeness (QED) is 0.887. The fourth-order valence-electron chi connectivity index (χ4n) is 2.36. The van der Waals surface area contributed by atoms with E-state index in [0.29, 0.717) is 16.8 Å². The molecule has 0 heterocycles. The summed E-state index contributed by atoms with van der Waals surface area (Å²) in [6.45, 7) is 3.34. The van der Waals surface area contributed by atoms with Gasteiger partial charge in [-0.3, -0.25) is 4.31 Å². The summed E-state index contributed by atoms with van der Waals surface area (Å²) in [6.07, 6.45) is 0. The summed E-state index contributed by atoms with van der Waals surface area (Å²) in [7, 11) is -2.52. The first-order valence-corrected chi connectivity index (χ1v) is 7.79. The molecule has 0 spiro atoms. The minimum Gasteiger partial charge on any atom is -0.399 e. The van der Waals surface area contributed by atoms with E-state index in [1.54, 1.807) is 32.0 Å². The fraction of sp³-hybridized carbons (Fsp3) is 0.200. The van der Waals surface area contributed by atoms with Crippen molar-refractivity contribution in [3.63, 3.8) is 0 Å². The van der Waals surface area contributed by atoms with Gasteiger partial charge in [0.05, 0.1) is 10.6 Å². The number of benzene rings is 2. The van der Waals surface area contributed by atoms with Crippen LogP contribution < -0.4 is 10.0 Å². The lowest BCUT2D eigenvalue weighted by molar-refractivity contribution is 0.588. The van der Waals surface area contributed by atoms with Crippen molar-refractivity contribution in [2.75, 3.05) is 17.1 Å². The highest BCUT2D eigenvalue weighted by Crippen LogP contribution is 2.29. The number of nitrogen functional groups attached to an aromatic ring is 1. The number of aryl methyl sites for hydroxylation is 2. The van der Waals surface area contributed by atoms with Gasteiger partial charge in [-0.25, -0.2) is 12.8 Å². The van der Waals surface area contributed by atoms with Crippen molar-refractivity contribution in [2.45, 2.75) is 18.7 Å². The molecule has 0 amide bonds. The predicted octanol–water partition coefficient (Wildman–Crippen LogP) is 2.85. The molecule has 0 saturated carbocycles. The van der Waals surface area contributed by atoms with E-state index in [-0.39, 0.29) is 10.6 Å². The Morgan fingerprint density at radius 1 is 1.10 bits per heavy atom. The average Bonchev–Trinajstić information content (AvgIpc) is 2.36. The summed E-state index contributed by atoms with van der Waals surface area (Å²) < 4.78 is 40.3. The molecule has 6 heteroatoms. The summed E-state index contributed by atoms with van der Waals surface area (Å²) in [6, 6.07) is 8.94. The van der Waals surface area contributed by atoms with E-state index >= 15 is 0 Å². The first-order valence-electron chi connectivity index (χ1n) is 6.35. The molecular weight excluding hydrogens is 291 g/mol. The van der Waals surface area contributed by atoms with Gasteiger partial charge in [-0.2, -0.15) is 0 Å². The van der Waals surface area contributed by atoms with Crippen LogP contribution >= 0.6 is 0 Å². The molecule has 0 aliphatic rings. The molecule has 0 unspecified atom stereocenters. The molecule has 2 N–H and O–H groups in total. The van der Waals surface area contributed by atoms with Crippen LogP contribution in [0.5, 0.6) is 0 Å². The number of rotatable bonds is 3. The maximum Gasteiger partial charge on any atom is 0.264 e. The van der Waals surface area contributed by atoms with Crippen LogP contribution in [0.25, 0.3) is 0 Å². The highest BCUT2D eigenvalue weighted by molar-refractivity contribution is 7.92. The Kier molecular flexibility index (Phi) is 3.91. The third-order valence-corrected chi connectivity index (χ3v) is 5.37. The zero-order valence-electron chi connectivity index (χ0n) is 12.1. The summed E-state index contributed by atoms with van der Waals surface area (Å²) in [5.41, 5.74) is 7.30. The van der Waals surface area contributed by atoms with Gasteiger partial charge < -0.3 is 5.73 Å². The molecule has 0 radical (unpaired) electrons. The second-order valence-electron chi connectivity index (χ2n) is 4.91. The Balaban J connectivity index is 2.61. The van der Waals surface area contributed by atoms with Crippen molar-refractivity contribution in [2.24, 2.45) is 0 Å². The summed E-state index contributed by atoms with van der Waals surface area (Å²) in [5.74, 6) is -0.589. The monoisotopic (exact) mass is 308 g/mol. The number of hydrogen-bond donors (Lipinski definition) is 1. The first-order chi connectivity index (χ1) is 9.75. The van der Waals surface area contributed by atoms with Crippen molar-refractivity contribution in [1.29, 1.82) is 0 Å². The molecule has 0 fully saturated rings. The third-order valence-electron chi connectivity index (χ3n) is 3.29. The van der Waals surface area contributed by atoms with Gasteiger partial charge in [0.25, 0.3) is 10.0 Å². The van der Waals surface area contributed by atoms with Crippen molar-refractivity contribution in [3.05, 3.63) is 53.3 Å². The molecule has 0 aliphatic heterocycles. The molecule has 0 saturated heterocycles. The van der Waals surface area contributed by atoms with Crippen LogP contribution in [-0.4, -0.2) is 15.5 Å². The Morgan fingerprint density at radius 3 is 2.14 bits per heavy atom. The minimum absolute atomic E-state index is 0.00752. The zero-order valence-corrected chi connectivity index (χ0v) is 12.9. The summed E-state index contributed by atoms with van der Waals surface area (Å²) in [5, 5.41) is 0. The fourth-order valence-corrected chi connectivity index (χ4v) is 3.98. The van der Waals surface area contributed by atoms with E-state index in [9.17, 15) is 12.8 Å². The van der Waals surface area contributed by atoms with Gasteiger partial charge in [0.15, 0.2) is 0 Å². The minimum atomic E-state index is -3.85. The predicted molar refractivity (Wildman–Crippen MR) is 82.3 cm³/mol. The van der Waals surface area contributed by atoms with Gasteiger partial charge in [-0.1, -0.05) is 12.1 Å². The maximum absolute atomic E-state index is 13.8. The number of para-hydroxylation sites is 1. The van der Waals surface area contributed by atoms with E-state index in [0.717, 1.165) is 4.31 Å². The van der Waals surface area contributed by atoms with Crippen LogP contribution in [0, 0.1) is 19.7 Å². The highest BCUT2D eigenvalue weighted by Gasteiger charge is 2.26. The lowest BCUT2D eigenvalue weighted by atomic mass is 10.1. The number of halogens is 1. The highest BCUT2D eigenvalue weighted by atomic mass is 32.2. The zero-order chi connectivity index (χ0) is 15.8. The molecule has 2 rings (SSSR count).